The third-order valence-electron chi connectivity index (χ3n) is 3.54. The Balaban J connectivity index is 1.92. The molecule has 2 atom stereocenters. The lowest BCUT2D eigenvalue weighted by atomic mass is 10.0. The van der Waals surface area contributed by atoms with E-state index in [0.717, 1.165) is 19.4 Å². The van der Waals surface area contributed by atoms with Gasteiger partial charge in [-0.25, -0.2) is 0 Å². The van der Waals surface area contributed by atoms with Gasteiger partial charge in [-0.3, -0.25) is 4.98 Å². The van der Waals surface area contributed by atoms with E-state index in [4.69, 9.17) is 4.74 Å². The normalized spacial score (nSPS) is 21.6. The highest BCUT2D eigenvalue weighted by molar-refractivity contribution is 5.18. The largest absolute Gasteiger partial charge is 0.378 e. The number of nitrogens with one attached hydrogen (secondary N) is 1. The van der Waals surface area contributed by atoms with Crippen molar-refractivity contribution < 1.29 is 4.74 Å². The fourth-order valence-corrected chi connectivity index (χ4v) is 2.42. The van der Waals surface area contributed by atoms with E-state index >= 15 is 0 Å². The number of nitrogens with zero attached hydrogens (tertiary/aromatic N) is 1. The number of hydrogen-bond acceptors (Lipinski definition) is 3. The first-order valence-corrected chi connectivity index (χ1v) is 6.49. The molecule has 0 spiro atoms. The minimum Gasteiger partial charge on any atom is -0.378 e. The first-order chi connectivity index (χ1) is 8.29. The molecule has 0 saturated carbocycles. The molecular formula is C14H22N2O. The van der Waals surface area contributed by atoms with Crippen molar-refractivity contribution in [2.24, 2.45) is 0 Å². The van der Waals surface area contributed by atoms with Crippen LogP contribution in [0.25, 0.3) is 0 Å². The van der Waals surface area contributed by atoms with Crippen LogP contribution in [0.5, 0.6) is 0 Å². The van der Waals surface area contributed by atoms with Gasteiger partial charge in [-0.15, -0.1) is 0 Å². The van der Waals surface area contributed by atoms with Crippen molar-refractivity contribution in [2.75, 3.05) is 13.7 Å². The highest BCUT2D eigenvalue weighted by Gasteiger charge is 2.20. The van der Waals surface area contributed by atoms with E-state index in [1.165, 1.54) is 24.1 Å². The van der Waals surface area contributed by atoms with Crippen LogP contribution >= 0.6 is 0 Å². The summed E-state index contributed by atoms with van der Waals surface area (Å²) in [5.41, 5.74) is 2.48. The molecule has 1 aliphatic rings. The Labute approximate surface area is 104 Å². The molecule has 1 aromatic rings. The fourth-order valence-electron chi connectivity index (χ4n) is 2.42. The van der Waals surface area contributed by atoms with Gasteiger partial charge in [0.2, 0.25) is 0 Å². The molecule has 0 amide bonds. The number of rotatable bonds is 5. The fraction of sp³-hybridized carbons (Fsp3) is 0.643. The second-order valence-corrected chi connectivity index (χ2v) is 4.83. The lowest BCUT2D eigenvalue weighted by molar-refractivity contribution is 0.0953. The van der Waals surface area contributed by atoms with Crippen LogP contribution in [-0.4, -0.2) is 30.8 Å². The van der Waals surface area contributed by atoms with Crippen molar-refractivity contribution in [1.82, 2.24) is 10.3 Å². The summed E-state index contributed by atoms with van der Waals surface area (Å²) in [6.45, 7) is 3.06. The number of pyridine rings is 1. The van der Waals surface area contributed by atoms with Crippen LogP contribution < -0.4 is 5.32 Å². The smallest absolute Gasteiger partial charge is 0.0590 e. The Morgan fingerprint density at radius 3 is 3.12 bits per heavy atom. The third kappa shape index (κ3) is 3.51. The minimum atomic E-state index is 0.441. The van der Waals surface area contributed by atoms with E-state index < -0.39 is 0 Å². The van der Waals surface area contributed by atoms with Crippen molar-refractivity contribution in [3.63, 3.8) is 0 Å². The van der Waals surface area contributed by atoms with E-state index in [-0.39, 0.29) is 0 Å². The predicted molar refractivity (Wildman–Crippen MR) is 69.1 cm³/mol. The molecule has 0 radical (unpaired) electrons. The van der Waals surface area contributed by atoms with Crippen LogP contribution in [-0.2, 0) is 11.2 Å². The van der Waals surface area contributed by atoms with Gasteiger partial charge in [0.1, 0.15) is 0 Å². The Bertz CT molecular complexity index is 348. The quantitative estimate of drug-likeness (QED) is 0.847. The topological polar surface area (TPSA) is 34.2 Å². The summed E-state index contributed by atoms with van der Waals surface area (Å²) in [6, 6.07) is 4.58. The van der Waals surface area contributed by atoms with Crippen LogP contribution in [0.1, 0.15) is 30.5 Å². The van der Waals surface area contributed by atoms with Gasteiger partial charge in [0, 0.05) is 31.0 Å². The zero-order chi connectivity index (χ0) is 12.1. The summed E-state index contributed by atoms with van der Waals surface area (Å²) < 4.78 is 5.69. The van der Waals surface area contributed by atoms with Gasteiger partial charge >= 0.3 is 0 Å². The average Bonchev–Trinajstić information content (AvgIpc) is 2.84. The molecule has 2 rings (SSSR count). The zero-order valence-corrected chi connectivity index (χ0v) is 10.8. The van der Waals surface area contributed by atoms with Gasteiger partial charge in [0.25, 0.3) is 0 Å². The second kappa shape index (κ2) is 6.12. The van der Waals surface area contributed by atoms with Crippen LogP contribution in [0.2, 0.25) is 0 Å². The lowest BCUT2D eigenvalue weighted by Crippen LogP contribution is -2.32. The van der Waals surface area contributed by atoms with Crippen molar-refractivity contribution in [3.05, 3.63) is 29.6 Å². The SMILES string of the molecule is CNC(Cc1ncccc1C)CC1CCCO1. The van der Waals surface area contributed by atoms with Crippen LogP contribution in [0.4, 0.5) is 0 Å². The Kier molecular flexibility index (Phi) is 4.51. The van der Waals surface area contributed by atoms with E-state index in [9.17, 15) is 0 Å². The van der Waals surface area contributed by atoms with E-state index in [1.807, 2.05) is 19.3 Å². The van der Waals surface area contributed by atoms with Gasteiger partial charge in [0.15, 0.2) is 0 Å². The Morgan fingerprint density at radius 2 is 2.47 bits per heavy atom. The van der Waals surface area contributed by atoms with Gasteiger partial charge in [-0.05, 0) is 44.9 Å². The molecule has 3 heteroatoms. The molecule has 2 unspecified atom stereocenters. The molecule has 94 valence electrons. The van der Waals surface area contributed by atoms with Crippen molar-refractivity contribution in [2.45, 2.75) is 44.8 Å². The predicted octanol–water partition coefficient (Wildman–Crippen LogP) is 2.09. The molecule has 1 saturated heterocycles. The molecule has 3 nitrogen and oxygen atoms in total. The molecule has 1 N–H and O–H groups in total. The third-order valence-corrected chi connectivity index (χ3v) is 3.54. The summed E-state index contributed by atoms with van der Waals surface area (Å²) in [4.78, 5) is 4.46. The maximum Gasteiger partial charge on any atom is 0.0590 e. The summed E-state index contributed by atoms with van der Waals surface area (Å²) >= 11 is 0. The maximum absolute atomic E-state index is 5.69. The summed E-state index contributed by atoms with van der Waals surface area (Å²) in [5.74, 6) is 0. The molecule has 1 aliphatic heterocycles. The standard InChI is InChI=1S/C14H22N2O/c1-11-5-3-7-16-14(11)10-12(15-2)9-13-6-4-8-17-13/h3,5,7,12-13,15H,4,6,8-10H2,1-2H3. The highest BCUT2D eigenvalue weighted by Crippen LogP contribution is 2.18. The van der Waals surface area contributed by atoms with Crippen molar-refractivity contribution in [3.8, 4) is 0 Å². The number of likely N-dealkylation sites (N-methyl/N-ethyl adjacent to an activating group) is 1. The molecule has 1 fully saturated rings. The first kappa shape index (κ1) is 12.5. The molecule has 1 aromatic heterocycles. The average molecular weight is 234 g/mol. The van der Waals surface area contributed by atoms with Gasteiger partial charge in [0.05, 0.1) is 6.10 Å². The van der Waals surface area contributed by atoms with E-state index in [2.05, 4.69) is 23.3 Å². The summed E-state index contributed by atoms with van der Waals surface area (Å²) in [6.07, 6.45) is 6.82. The number of aromatic nitrogens is 1. The molecular weight excluding hydrogens is 212 g/mol. The molecule has 0 aliphatic carbocycles. The van der Waals surface area contributed by atoms with Crippen molar-refractivity contribution >= 4 is 0 Å². The summed E-state index contributed by atoms with van der Waals surface area (Å²) in [7, 11) is 2.03. The lowest BCUT2D eigenvalue weighted by Gasteiger charge is -2.20. The van der Waals surface area contributed by atoms with E-state index in [1.54, 1.807) is 0 Å². The number of hydrogen-bond donors (Lipinski definition) is 1. The number of ether oxygens (including phenoxy) is 1. The molecule has 2 heterocycles. The zero-order valence-electron chi connectivity index (χ0n) is 10.8. The summed E-state index contributed by atoms with van der Waals surface area (Å²) in [5, 5.41) is 3.38. The minimum absolute atomic E-state index is 0.441. The Hall–Kier alpha value is -0.930. The van der Waals surface area contributed by atoms with Crippen LogP contribution in [0.3, 0.4) is 0 Å². The maximum atomic E-state index is 5.69. The Morgan fingerprint density at radius 1 is 1.59 bits per heavy atom. The van der Waals surface area contributed by atoms with Gasteiger partial charge in [-0.2, -0.15) is 0 Å². The monoisotopic (exact) mass is 234 g/mol. The first-order valence-electron chi connectivity index (χ1n) is 6.49. The van der Waals surface area contributed by atoms with E-state index in [0.29, 0.717) is 12.1 Å². The van der Waals surface area contributed by atoms with Gasteiger partial charge < -0.3 is 10.1 Å². The molecule has 0 aromatic carbocycles. The van der Waals surface area contributed by atoms with Gasteiger partial charge in [-0.1, -0.05) is 6.07 Å². The second-order valence-electron chi connectivity index (χ2n) is 4.83. The molecule has 17 heavy (non-hydrogen) atoms. The highest BCUT2D eigenvalue weighted by atomic mass is 16.5. The van der Waals surface area contributed by atoms with Crippen molar-refractivity contribution in [1.29, 1.82) is 0 Å². The molecule has 0 bridgehead atoms. The number of aryl methyl sites for hydroxylation is 1. The van der Waals surface area contributed by atoms with Crippen LogP contribution in [0.15, 0.2) is 18.3 Å². The van der Waals surface area contributed by atoms with Crippen LogP contribution in [0, 0.1) is 6.92 Å².